The zero-order chi connectivity index (χ0) is 11.6. The lowest BCUT2D eigenvalue weighted by atomic mass is 10.1. The molecule has 2 nitrogen and oxygen atoms in total. The molecule has 0 heterocycles. The first-order valence-corrected chi connectivity index (χ1v) is 7.03. The van der Waals surface area contributed by atoms with E-state index < -0.39 is 9.05 Å². The molecule has 0 fully saturated rings. The van der Waals surface area contributed by atoms with Gasteiger partial charge in [-0.05, 0) is 28.5 Å². The number of rotatable bonds is 2. The van der Waals surface area contributed by atoms with Gasteiger partial charge in [-0.3, -0.25) is 0 Å². The van der Waals surface area contributed by atoms with Crippen LogP contribution < -0.4 is 0 Å². The van der Waals surface area contributed by atoms with Gasteiger partial charge < -0.3 is 0 Å². The first-order chi connectivity index (χ1) is 7.54. The summed E-state index contributed by atoms with van der Waals surface area (Å²) in [5.41, 5.74) is 0.808. The van der Waals surface area contributed by atoms with Gasteiger partial charge in [-0.15, -0.1) is 0 Å². The molecule has 0 aliphatic heterocycles. The Bertz CT molecular complexity index is 645. The summed E-state index contributed by atoms with van der Waals surface area (Å²) < 4.78 is 21.5. The molecule has 0 aliphatic carbocycles. The van der Waals surface area contributed by atoms with Crippen LogP contribution in [0.2, 0.25) is 0 Å². The first kappa shape index (κ1) is 11.2. The molecule has 2 aromatic rings. The van der Waals surface area contributed by atoms with E-state index in [0.29, 0.717) is 0 Å². The summed E-state index contributed by atoms with van der Waals surface area (Å²) in [7, 11) is 1.50. The van der Waals surface area contributed by atoms with Gasteiger partial charge in [0.15, 0.2) is 0 Å². The molecule has 0 bridgehead atoms. The van der Waals surface area contributed by atoms with Gasteiger partial charge >= 0.3 is 0 Å². The maximum atomic E-state index is 10.7. The van der Waals surface area contributed by atoms with Crippen molar-refractivity contribution in [3.05, 3.63) is 53.4 Å². The van der Waals surface area contributed by atoms with Crippen molar-refractivity contribution in [1.29, 1.82) is 0 Å². The average molecular weight is 253 g/mol. The van der Waals surface area contributed by atoms with Crippen LogP contribution in [0.4, 0.5) is 0 Å². The lowest BCUT2D eigenvalue weighted by Gasteiger charge is -1.98. The molecule has 0 aromatic heterocycles. The third-order valence-electron chi connectivity index (χ3n) is 2.20. The predicted molar refractivity (Wildman–Crippen MR) is 67.8 cm³/mol. The molecule has 2 aromatic carbocycles. The number of hydrogen-bond donors (Lipinski definition) is 0. The molecule has 0 aliphatic rings. The number of benzene rings is 2. The molecule has 0 N–H and O–H groups in total. The second-order valence-corrected chi connectivity index (χ2v) is 5.90. The Kier molecular flexibility index (Phi) is 2.99. The molecule has 2 rings (SSSR count). The molecule has 82 valence electrons. The van der Waals surface area contributed by atoms with E-state index in [2.05, 4.69) is 0 Å². The zero-order valence-corrected chi connectivity index (χ0v) is 9.87. The normalized spacial score (nSPS) is 12.3. The van der Waals surface area contributed by atoms with E-state index in [9.17, 15) is 8.42 Å². The highest BCUT2D eigenvalue weighted by molar-refractivity contribution is 8.16. The van der Waals surface area contributed by atoms with Crippen LogP contribution in [-0.4, -0.2) is 8.42 Å². The molecule has 0 spiro atoms. The molecule has 0 saturated carbocycles. The van der Waals surface area contributed by atoms with E-state index in [0.717, 1.165) is 21.7 Å². The highest BCUT2D eigenvalue weighted by Gasteiger charge is 1.97. The third-order valence-corrected chi connectivity index (χ3v) is 2.97. The van der Waals surface area contributed by atoms with E-state index in [-0.39, 0.29) is 0 Å². The fourth-order valence-corrected chi connectivity index (χ4v) is 1.95. The van der Waals surface area contributed by atoms with Crippen LogP contribution >= 0.6 is 10.7 Å². The topological polar surface area (TPSA) is 34.1 Å². The molecular formula is C12H9ClO2S. The lowest BCUT2D eigenvalue weighted by Crippen LogP contribution is -1.80. The van der Waals surface area contributed by atoms with Gasteiger partial charge in [0.2, 0.25) is 0 Å². The second kappa shape index (κ2) is 4.28. The van der Waals surface area contributed by atoms with Crippen molar-refractivity contribution in [1.82, 2.24) is 0 Å². The van der Waals surface area contributed by atoms with Gasteiger partial charge in [0.05, 0.1) is 0 Å². The molecule has 0 saturated heterocycles. The Balaban J connectivity index is 2.44. The Morgan fingerprint density at radius 1 is 1.00 bits per heavy atom. The monoisotopic (exact) mass is 252 g/mol. The molecule has 16 heavy (non-hydrogen) atoms. The van der Waals surface area contributed by atoms with Crippen LogP contribution in [0.15, 0.2) is 47.9 Å². The molecule has 0 atom stereocenters. The third kappa shape index (κ3) is 2.84. The highest BCUT2D eigenvalue weighted by Crippen LogP contribution is 2.17. The first-order valence-electron chi connectivity index (χ1n) is 4.66. The Hall–Kier alpha value is -1.32. The number of halogens is 1. The van der Waals surface area contributed by atoms with Crippen molar-refractivity contribution in [2.45, 2.75) is 0 Å². The molecular weight excluding hydrogens is 244 g/mol. The maximum Gasteiger partial charge on any atom is 0.254 e. The van der Waals surface area contributed by atoms with E-state index in [1.54, 1.807) is 0 Å². The minimum atomic E-state index is -3.58. The van der Waals surface area contributed by atoms with Crippen LogP contribution in [0.5, 0.6) is 0 Å². The highest BCUT2D eigenvalue weighted by atomic mass is 35.7. The largest absolute Gasteiger partial charge is 0.254 e. The molecule has 4 heteroatoms. The van der Waals surface area contributed by atoms with Crippen LogP contribution in [0.25, 0.3) is 16.8 Å². The smallest absolute Gasteiger partial charge is 0.208 e. The van der Waals surface area contributed by atoms with Gasteiger partial charge in [-0.25, -0.2) is 8.42 Å². The molecule has 0 radical (unpaired) electrons. The van der Waals surface area contributed by atoms with E-state index in [4.69, 9.17) is 10.7 Å². The van der Waals surface area contributed by atoms with Crippen molar-refractivity contribution >= 4 is 36.6 Å². The van der Waals surface area contributed by atoms with E-state index in [1.165, 1.54) is 6.08 Å². The van der Waals surface area contributed by atoms with Crippen molar-refractivity contribution < 1.29 is 8.42 Å². The quantitative estimate of drug-likeness (QED) is 0.768. The van der Waals surface area contributed by atoms with Crippen LogP contribution in [0.1, 0.15) is 5.56 Å². The Labute approximate surface area is 98.6 Å². The maximum absolute atomic E-state index is 10.7. The SMILES string of the molecule is O=S(=O)(Cl)C=Cc1ccc2ccccc2c1. The van der Waals surface area contributed by atoms with Gasteiger partial charge in [0, 0.05) is 16.1 Å². The fourth-order valence-electron chi connectivity index (χ4n) is 1.47. The number of hydrogen-bond acceptors (Lipinski definition) is 2. The Morgan fingerprint density at radius 3 is 2.38 bits per heavy atom. The Morgan fingerprint density at radius 2 is 1.69 bits per heavy atom. The lowest BCUT2D eigenvalue weighted by molar-refractivity contribution is 0.617. The summed E-state index contributed by atoms with van der Waals surface area (Å²) in [6, 6.07) is 13.6. The molecule has 0 amide bonds. The summed E-state index contributed by atoms with van der Waals surface area (Å²) in [6.45, 7) is 0. The van der Waals surface area contributed by atoms with Crippen LogP contribution in [0, 0.1) is 0 Å². The fraction of sp³-hybridized carbons (Fsp3) is 0. The zero-order valence-electron chi connectivity index (χ0n) is 8.30. The summed E-state index contributed by atoms with van der Waals surface area (Å²) in [5.74, 6) is 0. The van der Waals surface area contributed by atoms with Gasteiger partial charge in [-0.2, -0.15) is 0 Å². The van der Waals surface area contributed by atoms with Gasteiger partial charge in [-0.1, -0.05) is 36.4 Å². The predicted octanol–water partition coefficient (Wildman–Crippen LogP) is 3.38. The summed E-state index contributed by atoms with van der Waals surface area (Å²) >= 11 is 0. The molecule has 0 unspecified atom stereocenters. The minimum absolute atomic E-state index is 0.808. The minimum Gasteiger partial charge on any atom is -0.208 e. The number of fused-ring (bicyclic) bond motifs is 1. The van der Waals surface area contributed by atoms with Gasteiger partial charge in [0.1, 0.15) is 0 Å². The van der Waals surface area contributed by atoms with Crippen LogP contribution in [0.3, 0.4) is 0 Å². The van der Waals surface area contributed by atoms with Crippen LogP contribution in [-0.2, 0) is 9.05 Å². The van der Waals surface area contributed by atoms with Crippen molar-refractivity contribution in [2.75, 3.05) is 0 Å². The van der Waals surface area contributed by atoms with Gasteiger partial charge in [0.25, 0.3) is 9.05 Å². The summed E-state index contributed by atoms with van der Waals surface area (Å²) in [4.78, 5) is 0. The van der Waals surface area contributed by atoms with E-state index >= 15 is 0 Å². The average Bonchev–Trinajstić information content (AvgIpc) is 2.25. The standard InChI is InChI=1S/C12H9ClO2S/c13-16(14,15)8-7-10-5-6-11-3-1-2-4-12(11)9-10/h1-9H. The van der Waals surface area contributed by atoms with Crippen molar-refractivity contribution in [2.24, 2.45) is 0 Å². The second-order valence-electron chi connectivity index (χ2n) is 3.38. The summed E-state index contributed by atoms with van der Waals surface area (Å²) in [5, 5.41) is 3.17. The van der Waals surface area contributed by atoms with Crippen molar-refractivity contribution in [3.63, 3.8) is 0 Å². The van der Waals surface area contributed by atoms with E-state index in [1.807, 2.05) is 42.5 Å². The summed E-state index contributed by atoms with van der Waals surface area (Å²) in [6.07, 6.45) is 1.48. The van der Waals surface area contributed by atoms with Crippen molar-refractivity contribution in [3.8, 4) is 0 Å².